The highest BCUT2D eigenvalue weighted by molar-refractivity contribution is 7.90. The van der Waals surface area contributed by atoms with Crippen molar-refractivity contribution >= 4 is 28.1 Å². The largest absolute Gasteiger partial charge is 0.516 e. The Morgan fingerprint density at radius 2 is 1.63 bits per heavy atom. The summed E-state index contributed by atoms with van der Waals surface area (Å²) in [4.78, 5) is 36.3. The summed E-state index contributed by atoms with van der Waals surface area (Å²) in [5, 5.41) is 5.34. The van der Waals surface area contributed by atoms with Crippen LogP contribution in [0, 0.1) is 16.2 Å². The molecule has 0 aromatic rings. The van der Waals surface area contributed by atoms with Gasteiger partial charge in [-0.2, -0.15) is 21.6 Å². The van der Waals surface area contributed by atoms with Crippen LogP contribution in [0.4, 0.5) is 22.8 Å². The lowest BCUT2D eigenvalue weighted by Gasteiger charge is -2.46. The molecule has 1 aliphatic carbocycles. The van der Waals surface area contributed by atoms with Gasteiger partial charge < -0.3 is 24.8 Å². The van der Waals surface area contributed by atoms with Gasteiger partial charge >= 0.3 is 27.7 Å². The highest BCUT2D eigenvalue weighted by atomic mass is 32.2. The van der Waals surface area contributed by atoms with Crippen molar-refractivity contribution in [3.63, 3.8) is 0 Å². The third-order valence-electron chi connectivity index (χ3n) is 5.68. The first-order chi connectivity index (χ1) is 15.8. The van der Waals surface area contributed by atoms with E-state index in [0.29, 0.717) is 19.4 Å². The van der Waals surface area contributed by atoms with Gasteiger partial charge in [0.15, 0.2) is 0 Å². The Morgan fingerprint density at radius 1 is 1.03 bits per heavy atom. The van der Waals surface area contributed by atoms with Gasteiger partial charge in [-0.1, -0.05) is 20.8 Å². The van der Waals surface area contributed by atoms with Crippen LogP contribution in [0.2, 0.25) is 0 Å². The molecular formula is C20H34F3N3O8S. The second-order valence-corrected chi connectivity index (χ2v) is 11.9. The van der Waals surface area contributed by atoms with Crippen molar-refractivity contribution in [1.82, 2.24) is 15.4 Å². The summed E-state index contributed by atoms with van der Waals surface area (Å²) in [6, 6.07) is -0.371. The molecule has 0 saturated heterocycles. The lowest BCUT2D eigenvalue weighted by Crippen LogP contribution is -2.52. The Morgan fingerprint density at radius 3 is 2.14 bits per heavy atom. The standard InChI is InChI=1S/C20H34F3N3O8S/c1-17(2)7-13(8-18(3,9-17)10-24-15(28)33-6)25-16(29)34-12-19(4,11-32-5)14(27)26-35(30,31)20(21,22)23/h13H,7-12H2,1-6H3,(H,24,28)(H,25,29)(H,26,27). The summed E-state index contributed by atoms with van der Waals surface area (Å²) in [6.45, 7) is 6.09. The Bertz CT molecular complexity index is 897. The fraction of sp³-hybridized carbons (Fsp3) is 0.850. The molecule has 3 atom stereocenters. The lowest BCUT2D eigenvalue weighted by molar-refractivity contribution is -0.134. The normalized spacial score (nSPS) is 24.0. The number of methoxy groups -OCH3 is 2. The molecule has 0 radical (unpaired) electrons. The van der Waals surface area contributed by atoms with E-state index >= 15 is 0 Å². The zero-order valence-corrected chi connectivity index (χ0v) is 21.4. The van der Waals surface area contributed by atoms with E-state index in [1.54, 1.807) is 0 Å². The van der Waals surface area contributed by atoms with Gasteiger partial charge in [0.2, 0.25) is 5.91 Å². The van der Waals surface area contributed by atoms with Crippen LogP contribution < -0.4 is 15.4 Å². The van der Waals surface area contributed by atoms with Crippen molar-refractivity contribution in [1.29, 1.82) is 0 Å². The minimum absolute atomic E-state index is 0.209. The lowest BCUT2D eigenvalue weighted by atomic mass is 9.62. The number of rotatable bonds is 9. The predicted molar refractivity (Wildman–Crippen MR) is 118 cm³/mol. The fourth-order valence-corrected chi connectivity index (χ4v) is 5.06. The Balaban J connectivity index is 2.85. The molecule has 1 rings (SSSR count). The number of hydrogen-bond donors (Lipinski definition) is 3. The number of alkyl halides is 3. The van der Waals surface area contributed by atoms with Crippen molar-refractivity contribution in [3.05, 3.63) is 0 Å². The van der Waals surface area contributed by atoms with E-state index in [9.17, 15) is 36.0 Å². The summed E-state index contributed by atoms with van der Waals surface area (Å²) in [7, 11) is -3.55. The summed E-state index contributed by atoms with van der Waals surface area (Å²) in [6.07, 6.45) is 0.286. The molecular weight excluding hydrogens is 499 g/mol. The van der Waals surface area contributed by atoms with Crippen molar-refractivity contribution in [2.24, 2.45) is 16.2 Å². The van der Waals surface area contributed by atoms with Crippen LogP contribution in [0.25, 0.3) is 0 Å². The molecule has 35 heavy (non-hydrogen) atoms. The molecule has 1 aliphatic rings. The molecule has 15 heteroatoms. The van der Waals surface area contributed by atoms with Gasteiger partial charge in [0.05, 0.1) is 13.7 Å². The predicted octanol–water partition coefficient (Wildman–Crippen LogP) is 2.27. The minimum atomic E-state index is -5.95. The highest BCUT2D eigenvalue weighted by Gasteiger charge is 2.50. The third kappa shape index (κ3) is 9.02. The zero-order valence-electron chi connectivity index (χ0n) is 20.6. The van der Waals surface area contributed by atoms with E-state index in [0.717, 1.165) is 25.2 Å². The molecule has 0 spiro atoms. The quantitative estimate of drug-likeness (QED) is 0.409. The van der Waals surface area contributed by atoms with Crippen molar-refractivity contribution in [2.75, 3.05) is 34.0 Å². The van der Waals surface area contributed by atoms with E-state index in [-0.39, 0.29) is 16.9 Å². The number of nitrogens with one attached hydrogen (secondary N) is 3. The van der Waals surface area contributed by atoms with Crippen molar-refractivity contribution in [3.8, 4) is 0 Å². The maximum atomic E-state index is 12.6. The summed E-state index contributed by atoms with van der Waals surface area (Å²) in [5.74, 6) is -1.54. The van der Waals surface area contributed by atoms with Gasteiger partial charge in [-0.05, 0) is 37.0 Å². The molecule has 0 aliphatic heterocycles. The Kier molecular flexibility index (Phi) is 9.82. The summed E-state index contributed by atoms with van der Waals surface area (Å²) < 4.78 is 75.9. The molecule has 11 nitrogen and oxygen atoms in total. The van der Waals surface area contributed by atoms with Gasteiger partial charge in [0.1, 0.15) is 12.0 Å². The van der Waals surface area contributed by atoms with Crippen LogP contribution in [0.15, 0.2) is 0 Å². The second-order valence-electron chi connectivity index (χ2n) is 10.2. The number of sulfonamides is 1. The Labute approximate surface area is 202 Å². The smallest absolute Gasteiger partial charge is 0.453 e. The maximum absolute atomic E-state index is 12.6. The molecule has 1 fully saturated rings. The first kappa shape index (κ1) is 30.7. The number of carbonyl (C=O) groups is 3. The summed E-state index contributed by atoms with van der Waals surface area (Å²) >= 11 is 0. The molecule has 0 aromatic heterocycles. The van der Waals surface area contributed by atoms with Gasteiger partial charge in [-0.25, -0.2) is 14.3 Å². The van der Waals surface area contributed by atoms with E-state index in [4.69, 9.17) is 9.47 Å². The average Bonchev–Trinajstić information content (AvgIpc) is 2.68. The first-order valence-electron chi connectivity index (χ1n) is 10.7. The maximum Gasteiger partial charge on any atom is 0.516 e. The molecule has 0 heterocycles. The molecule has 0 aromatic carbocycles. The monoisotopic (exact) mass is 533 g/mol. The average molecular weight is 534 g/mol. The van der Waals surface area contributed by atoms with Crippen molar-refractivity contribution in [2.45, 2.75) is 58.5 Å². The van der Waals surface area contributed by atoms with E-state index in [1.807, 2.05) is 20.8 Å². The fourth-order valence-electron chi connectivity index (χ4n) is 4.46. The topological polar surface area (TPSA) is 149 Å². The molecule has 0 bridgehead atoms. The highest BCUT2D eigenvalue weighted by Crippen LogP contribution is 2.45. The van der Waals surface area contributed by atoms with E-state index < -0.39 is 52.3 Å². The number of ether oxygens (including phenoxy) is 3. The second kappa shape index (κ2) is 11.2. The summed E-state index contributed by atoms with van der Waals surface area (Å²) in [5.41, 5.74) is -8.21. The molecule has 3 unspecified atom stereocenters. The van der Waals surface area contributed by atoms with Crippen LogP contribution >= 0.6 is 0 Å². The molecule has 3 amide bonds. The molecule has 204 valence electrons. The number of amides is 3. The van der Waals surface area contributed by atoms with Crippen LogP contribution in [0.3, 0.4) is 0 Å². The minimum Gasteiger partial charge on any atom is -0.453 e. The molecule has 3 N–H and O–H groups in total. The number of hydrogen-bond acceptors (Lipinski definition) is 8. The number of halogens is 3. The molecule has 1 saturated carbocycles. The van der Waals surface area contributed by atoms with Crippen LogP contribution in [-0.4, -0.2) is 72.0 Å². The Hall–Kier alpha value is -2.29. The van der Waals surface area contributed by atoms with E-state index in [1.165, 1.54) is 7.11 Å². The van der Waals surface area contributed by atoms with Crippen LogP contribution in [0.1, 0.15) is 47.0 Å². The van der Waals surface area contributed by atoms with Gasteiger partial charge in [-0.3, -0.25) is 4.79 Å². The third-order valence-corrected chi connectivity index (χ3v) is 6.74. The van der Waals surface area contributed by atoms with Crippen LogP contribution in [-0.2, 0) is 29.0 Å². The van der Waals surface area contributed by atoms with E-state index in [2.05, 4.69) is 15.4 Å². The van der Waals surface area contributed by atoms with Gasteiger partial charge in [0.25, 0.3) is 0 Å². The number of carbonyl (C=O) groups excluding carboxylic acids is 3. The number of alkyl carbamates (subject to hydrolysis) is 2. The van der Waals surface area contributed by atoms with Gasteiger partial charge in [-0.15, -0.1) is 0 Å². The van der Waals surface area contributed by atoms with Crippen LogP contribution in [0.5, 0.6) is 0 Å². The first-order valence-corrected chi connectivity index (χ1v) is 12.1. The van der Waals surface area contributed by atoms with Gasteiger partial charge in [0, 0.05) is 19.7 Å². The SMILES string of the molecule is COCC(C)(COC(=O)NC1CC(C)(C)CC(C)(CNC(=O)OC)C1)C(=O)NS(=O)(=O)C(F)(F)F. The van der Waals surface area contributed by atoms with Crippen molar-refractivity contribution < 1.29 is 50.2 Å². The zero-order chi connectivity index (χ0) is 27.3.